The van der Waals surface area contributed by atoms with Gasteiger partial charge in [0, 0.05) is 18.6 Å². The molecule has 0 aromatic heterocycles. The Kier molecular flexibility index (Phi) is 5.63. The zero-order valence-electron chi connectivity index (χ0n) is 14.8. The van der Waals surface area contributed by atoms with Gasteiger partial charge in [0.1, 0.15) is 11.6 Å². The highest BCUT2D eigenvalue weighted by molar-refractivity contribution is 6.27. The number of carbonyl (C=O) groups is 1. The van der Waals surface area contributed by atoms with E-state index in [9.17, 15) is 27.5 Å². The summed E-state index contributed by atoms with van der Waals surface area (Å²) in [5, 5.41) is 10.4. The number of allylic oxidation sites excluding steroid dienone is 2. The van der Waals surface area contributed by atoms with Crippen molar-refractivity contribution in [1.82, 2.24) is 0 Å². The van der Waals surface area contributed by atoms with Crippen molar-refractivity contribution in [3.63, 3.8) is 0 Å². The van der Waals surface area contributed by atoms with Crippen LogP contribution in [0.2, 0.25) is 0 Å². The Morgan fingerprint density at radius 3 is 2.43 bits per heavy atom. The maximum Gasteiger partial charge on any atom is 0.416 e. The number of alkyl halides is 3. The van der Waals surface area contributed by atoms with Crippen LogP contribution in [0, 0.1) is 5.82 Å². The summed E-state index contributed by atoms with van der Waals surface area (Å²) in [6.45, 7) is -0.0279. The number of rotatable bonds is 4. The number of hydrogen-bond donors (Lipinski definition) is 1. The third-order valence-electron chi connectivity index (χ3n) is 4.44. The molecule has 7 heteroatoms. The number of Topliss-reactive ketones (excluding diaryl/α,β-unsaturated/α-hetero) is 1. The molecule has 0 bridgehead atoms. The molecule has 1 aliphatic rings. The van der Waals surface area contributed by atoms with Gasteiger partial charge in [-0.05, 0) is 41.8 Å². The Morgan fingerprint density at radius 1 is 1.04 bits per heavy atom. The van der Waals surface area contributed by atoms with E-state index >= 15 is 0 Å². The first-order valence-electron chi connectivity index (χ1n) is 8.63. The van der Waals surface area contributed by atoms with Gasteiger partial charge in [-0.2, -0.15) is 13.2 Å². The summed E-state index contributed by atoms with van der Waals surface area (Å²) in [4.78, 5) is 16.4. The van der Waals surface area contributed by atoms with Crippen molar-refractivity contribution in [2.45, 2.75) is 32.0 Å². The summed E-state index contributed by atoms with van der Waals surface area (Å²) >= 11 is 0. The van der Waals surface area contributed by atoms with Crippen molar-refractivity contribution >= 4 is 11.5 Å². The molecule has 0 radical (unpaired) electrons. The highest BCUT2D eigenvalue weighted by atomic mass is 19.4. The van der Waals surface area contributed by atoms with Crippen molar-refractivity contribution in [1.29, 1.82) is 0 Å². The van der Waals surface area contributed by atoms with Gasteiger partial charge >= 0.3 is 6.18 Å². The standard InChI is InChI=1S/C21H17F4NO2/c22-16-6-4-13(5-7-16)11-19(28)20-17(8-9-18(20)27)26-12-14-2-1-3-15(10-14)21(23,24)25/h1-7,10,28H,8-9,11-12H2/b20-19+,26-17?. The van der Waals surface area contributed by atoms with Gasteiger partial charge in [0.15, 0.2) is 5.78 Å². The average Bonchev–Trinajstić information content (AvgIpc) is 3.02. The van der Waals surface area contributed by atoms with E-state index < -0.39 is 17.6 Å². The predicted octanol–water partition coefficient (Wildman–Crippen LogP) is 5.20. The normalized spacial score (nSPS) is 18.0. The average molecular weight is 391 g/mol. The first-order chi connectivity index (χ1) is 13.2. The minimum absolute atomic E-state index is 0.0279. The first-order valence-corrected chi connectivity index (χ1v) is 8.63. The molecule has 0 amide bonds. The fraction of sp³-hybridized carbons (Fsp3) is 0.238. The summed E-state index contributed by atoms with van der Waals surface area (Å²) in [5.41, 5.74) is 0.711. The Balaban J connectivity index is 1.82. The monoisotopic (exact) mass is 391 g/mol. The van der Waals surface area contributed by atoms with Crippen LogP contribution in [0.4, 0.5) is 17.6 Å². The molecule has 0 unspecified atom stereocenters. The molecule has 0 saturated heterocycles. The number of nitrogens with zero attached hydrogens (tertiary/aromatic N) is 1. The van der Waals surface area contributed by atoms with Crippen molar-refractivity contribution in [2.75, 3.05) is 0 Å². The predicted molar refractivity (Wildman–Crippen MR) is 96.6 cm³/mol. The van der Waals surface area contributed by atoms with E-state index in [0.29, 0.717) is 23.3 Å². The van der Waals surface area contributed by atoms with Crippen LogP contribution in [0.1, 0.15) is 29.5 Å². The summed E-state index contributed by atoms with van der Waals surface area (Å²) in [5.74, 6) is -0.838. The summed E-state index contributed by atoms with van der Waals surface area (Å²) in [6, 6.07) is 10.4. The number of ketones is 1. The Hall–Kier alpha value is -2.96. The Bertz CT molecular complexity index is 944. The molecule has 1 N–H and O–H groups in total. The zero-order valence-corrected chi connectivity index (χ0v) is 14.8. The fourth-order valence-electron chi connectivity index (χ4n) is 3.05. The van der Waals surface area contributed by atoms with Gasteiger partial charge in [-0.3, -0.25) is 9.79 Å². The van der Waals surface area contributed by atoms with Crippen LogP contribution >= 0.6 is 0 Å². The molecule has 2 aromatic rings. The second-order valence-corrected chi connectivity index (χ2v) is 6.51. The molecule has 2 aromatic carbocycles. The maximum absolute atomic E-state index is 13.0. The second kappa shape index (κ2) is 7.96. The van der Waals surface area contributed by atoms with Gasteiger partial charge in [0.2, 0.25) is 0 Å². The van der Waals surface area contributed by atoms with E-state index in [1.165, 1.54) is 36.4 Å². The molecule has 0 spiro atoms. The zero-order chi connectivity index (χ0) is 20.3. The van der Waals surface area contributed by atoms with Crippen molar-refractivity contribution in [3.8, 4) is 0 Å². The summed E-state index contributed by atoms with van der Waals surface area (Å²) in [6.07, 6.45) is -3.89. The molecule has 28 heavy (non-hydrogen) atoms. The molecule has 0 heterocycles. The van der Waals surface area contributed by atoms with Gasteiger partial charge in [-0.15, -0.1) is 0 Å². The third kappa shape index (κ3) is 4.65. The van der Waals surface area contributed by atoms with Crippen molar-refractivity contribution in [3.05, 3.63) is 82.4 Å². The lowest BCUT2D eigenvalue weighted by Gasteiger charge is -2.08. The topological polar surface area (TPSA) is 49.7 Å². The van der Waals surface area contributed by atoms with Crippen LogP contribution in [0.3, 0.4) is 0 Å². The maximum atomic E-state index is 13.0. The SMILES string of the molecule is O=C1CCC(=NCc2cccc(C(F)(F)F)c2)/C1=C(\O)Cc1ccc(F)cc1. The molecular formula is C21H17F4NO2. The smallest absolute Gasteiger partial charge is 0.416 e. The van der Waals surface area contributed by atoms with Gasteiger partial charge in [0.25, 0.3) is 0 Å². The minimum atomic E-state index is -4.44. The minimum Gasteiger partial charge on any atom is -0.511 e. The molecule has 1 aliphatic carbocycles. The molecular weight excluding hydrogens is 374 g/mol. The molecule has 1 fully saturated rings. The van der Waals surface area contributed by atoms with Crippen LogP contribution in [0.25, 0.3) is 0 Å². The second-order valence-electron chi connectivity index (χ2n) is 6.51. The van der Waals surface area contributed by atoms with Crippen LogP contribution in [-0.4, -0.2) is 16.6 Å². The van der Waals surface area contributed by atoms with Crippen LogP contribution < -0.4 is 0 Å². The van der Waals surface area contributed by atoms with Crippen molar-refractivity contribution < 1.29 is 27.5 Å². The number of benzene rings is 2. The first kappa shape index (κ1) is 19.8. The molecule has 0 aliphatic heterocycles. The van der Waals surface area contributed by atoms with Gasteiger partial charge in [-0.1, -0.05) is 24.3 Å². The highest BCUT2D eigenvalue weighted by Gasteiger charge is 2.30. The number of hydrogen-bond acceptors (Lipinski definition) is 3. The molecule has 0 atom stereocenters. The Labute approximate surface area is 159 Å². The number of aliphatic hydroxyl groups is 1. The van der Waals surface area contributed by atoms with Crippen molar-refractivity contribution in [2.24, 2.45) is 4.99 Å². The number of aliphatic hydroxyl groups excluding tert-OH is 1. The third-order valence-corrected chi connectivity index (χ3v) is 4.44. The van der Waals surface area contributed by atoms with E-state index in [1.54, 1.807) is 0 Å². The van der Waals surface area contributed by atoms with Gasteiger partial charge in [0.05, 0.1) is 17.7 Å². The summed E-state index contributed by atoms with van der Waals surface area (Å²) in [7, 11) is 0. The van der Waals surface area contributed by atoms with E-state index in [1.807, 2.05) is 0 Å². The van der Waals surface area contributed by atoms with E-state index in [0.717, 1.165) is 12.1 Å². The lowest BCUT2D eigenvalue weighted by atomic mass is 10.0. The molecule has 3 nitrogen and oxygen atoms in total. The van der Waals surface area contributed by atoms with Gasteiger partial charge < -0.3 is 5.11 Å². The van der Waals surface area contributed by atoms with Crippen LogP contribution in [0.15, 0.2) is 64.9 Å². The molecule has 3 rings (SSSR count). The molecule has 1 saturated carbocycles. The van der Waals surface area contributed by atoms with Crippen LogP contribution in [0.5, 0.6) is 0 Å². The van der Waals surface area contributed by atoms with E-state index in [-0.39, 0.29) is 36.5 Å². The number of halogens is 4. The van der Waals surface area contributed by atoms with E-state index in [2.05, 4.69) is 4.99 Å². The number of aliphatic imine (C=N–C) groups is 1. The largest absolute Gasteiger partial charge is 0.511 e. The quantitative estimate of drug-likeness (QED) is 0.442. The lowest BCUT2D eigenvalue weighted by molar-refractivity contribution is -0.137. The van der Waals surface area contributed by atoms with E-state index in [4.69, 9.17) is 0 Å². The Morgan fingerprint density at radius 2 is 1.75 bits per heavy atom. The number of carbonyl (C=O) groups excluding carboxylic acids is 1. The molecule has 146 valence electrons. The lowest BCUT2D eigenvalue weighted by Crippen LogP contribution is -2.08. The highest BCUT2D eigenvalue weighted by Crippen LogP contribution is 2.30. The van der Waals surface area contributed by atoms with Gasteiger partial charge in [-0.25, -0.2) is 4.39 Å². The summed E-state index contributed by atoms with van der Waals surface area (Å²) < 4.78 is 51.4. The van der Waals surface area contributed by atoms with Crippen LogP contribution in [-0.2, 0) is 23.9 Å². The fourth-order valence-corrected chi connectivity index (χ4v) is 3.05.